The van der Waals surface area contributed by atoms with Crippen LogP contribution in [0.25, 0.3) is 10.9 Å². The van der Waals surface area contributed by atoms with Crippen molar-refractivity contribution >= 4 is 28.4 Å². The lowest BCUT2D eigenvalue weighted by molar-refractivity contribution is 0.475. The molecule has 0 spiro atoms. The van der Waals surface area contributed by atoms with Crippen molar-refractivity contribution in [1.82, 2.24) is 9.55 Å². The molecule has 0 fully saturated rings. The molecule has 0 saturated heterocycles. The second-order valence-electron chi connectivity index (χ2n) is 8.83. The first-order chi connectivity index (χ1) is 16.0. The van der Waals surface area contributed by atoms with Gasteiger partial charge in [-0.05, 0) is 49.1 Å². The van der Waals surface area contributed by atoms with Gasteiger partial charge in [0.05, 0.1) is 16.9 Å². The van der Waals surface area contributed by atoms with Crippen LogP contribution in [0.5, 0.6) is 0 Å². The van der Waals surface area contributed by atoms with Crippen LogP contribution in [0.4, 0.5) is 5.69 Å². The van der Waals surface area contributed by atoms with Crippen LogP contribution in [0.3, 0.4) is 0 Å². The Morgan fingerprint density at radius 1 is 0.939 bits per heavy atom. The molecular formula is C28H31N3OS. The molecule has 4 nitrogen and oxygen atoms in total. The summed E-state index contributed by atoms with van der Waals surface area (Å²) in [5.41, 5.74) is 4.43. The molecular weight excluding hydrogens is 426 g/mol. The van der Waals surface area contributed by atoms with Crippen LogP contribution in [0.1, 0.15) is 37.4 Å². The number of nitrogens with zero attached hydrogens (tertiary/aromatic N) is 2. The summed E-state index contributed by atoms with van der Waals surface area (Å²) in [6, 6.07) is 26.9. The number of hydrogen-bond donors (Lipinski definition) is 1. The fraction of sp³-hybridized carbons (Fsp3) is 0.286. The van der Waals surface area contributed by atoms with Crippen LogP contribution >= 0.6 is 11.8 Å². The van der Waals surface area contributed by atoms with Crippen LogP contribution in [-0.4, -0.2) is 15.3 Å². The number of hydrogen-bond acceptors (Lipinski definition) is 4. The Bertz CT molecular complexity index is 1250. The Balaban J connectivity index is 1.56. The molecule has 1 atom stereocenters. The average Bonchev–Trinajstić information content (AvgIpc) is 2.82. The summed E-state index contributed by atoms with van der Waals surface area (Å²) >= 11 is 1.67. The summed E-state index contributed by atoms with van der Waals surface area (Å²) in [5.74, 6) is 1.21. The number of aryl methyl sites for hydroxylation is 1. The minimum Gasteiger partial charge on any atom is -0.378 e. The number of aromatic nitrogens is 2. The maximum absolute atomic E-state index is 13.2. The fourth-order valence-electron chi connectivity index (χ4n) is 3.91. The van der Waals surface area contributed by atoms with Crippen LogP contribution in [0.2, 0.25) is 0 Å². The highest BCUT2D eigenvalue weighted by molar-refractivity contribution is 7.99. The van der Waals surface area contributed by atoms with Gasteiger partial charge in [0.1, 0.15) is 0 Å². The number of nitrogens with one attached hydrogen (secondary N) is 1. The highest BCUT2D eigenvalue weighted by Gasteiger charge is 2.15. The number of anilines is 1. The van der Waals surface area contributed by atoms with E-state index in [1.54, 1.807) is 11.8 Å². The summed E-state index contributed by atoms with van der Waals surface area (Å²) < 4.78 is 1.85. The predicted octanol–water partition coefficient (Wildman–Crippen LogP) is 6.70. The van der Waals surface area contributed by atoms with Crippen molar-refractivity contribution in [1.29, 1.82) is 0 Å². The lowest BCUT2D eigenvalue weighted by Gasteiger charge is -2.21. The molecule has 0 aliphatic carbocycles. The van der Waals surface area contributed by atoms with Crippen molar-refractivity contribution in [2.75, 3.05) is 11.1 Å². The molecule has 3 aromatic carbocycles. The van der Waals surface area contributed by atoms with Crippen molar-refractivity contribution in [2.45, 2.75) is 44.9 Å². The zero-order valence-electron chi connectivity index (χ0n) is 19.5. The molecule has 1 aromatic heterocycles. The Hall–Kier alpha value is -3.05. The molecule has 4 aromatic rings. The van der Waals surface area contributed by atoms with E-state index in [1.165, 1.54) is 11.1 Å². The van der Waals surface area contributed by atoms with E-state index in [1.807, 2.05) is 34.9 Å². The van der Waals surface area contributed by atoms with Gasteiger partial charge in [-0.1, -0.05) is 85.8 Å². The zero-order chi connectivity index (χ0) is 23.2. The summed E-state index contributed by atoms with van der Waals surface area (Å²) in [6.45, 7) is 7.03. The summed E-state index contributed by atoms with van der Waals surface area (Å²) in [4.78, 5) is 18.0. The van der Waals surface area contributed by atoms with E-state index in [4.69, 9.17) is 4.98 Å². The summed E-state index contributed by atoms with van der Waals surface area (Å²) in [5, 5.41) is 5.18. The van der Waals surface area contributed by atoms with Crippen LogP contribution in [-0.2, 0) is 6.54 Å². The first-order valence-corrected chi connectivity index (χ1v) is 12.5. The number of rotatable bonds is 9. The zero-order valence-corrected chi connectivity index (χ0v) is 20.3. The second kappa shape index (κ2) is 10.7. The maximum Gasteiger partial charge on any atom is 0.262 e. The highest BCUT2D eigenvalue weighted by atomic mass is 32.2. The number of fused-ring (bicyclic) bond motifs is 1. The lowest BCUT2D eigenvalue weighted by Crippen LogP contribution is -2.25. The molecule has 1 heterocycles. The first-order valence-electron chi connectivity index (χ1n) is 11.5. The monoisotopic (exact) mass is 457 g/mol. The Kier molecular flexibility index (Phi) is 7.50. The molecule has 0 bridgehead atoms. The Morgan fingerprint density at radius 2 is 1.64 bits per heavy atom. The molecule has 170 valence electrons. The minimum absolute atomic E-state index is 0.0502. The molecule has 5 heteroatoms. The third-order valence-corrected chi connectivity index (χ3v) is 6.62. The molecule has 0 radical (unpaired) electrons. The fourth-order valence-corrected chi connectivity index (χ4v) is 4.92. The van der Waals surface area contributed by atoms with Gasteiger partial charge in [-0.25, -0.2) is 4.98 Å². The Morgan fingerprint density at radius 3 is 2.36 bits per heavy atom. The van der Waals surface area contributed by atoms with Crippen molar-refractivity contribution < 1.29 is 0 Å². The molecule has 0 aliphatic rings. The average molecular weight is 458 g/mol. The van der Waals surface area contributed by atoms with Gasteiger partial charge in [0.25, 0.3) is 5.56 Å². The van der Waals surface area contributed by atoms with Gasteiger partial charge in [-0.15, -0.1) is 0 Å². The highest BCUT2D eigenvalue weighted by Crippen LogP contribution is 2.27. The van der Waals surface area contributed by atoms with E-state index >= 15 is 0 Å². The summed E-state index contributed by atoms with van der Waals surface area (Å²) in [6.07, 6.45) is 0.910. The van der Waals surface area contributed by atoms with Crippen molar-refractivity contribution in [3.05, 3.63) is 100 Å². The molecule has 0 aliphatic heterocycles. The Labute approximate surface area is 200 Å². The van der Waals surface area contributed by atoms with Gasteiger partial charge < -0.3 is 5.32 Å². The largest absolute Gasteiger partial charge is 0.378 e. The van der Waals surface area contributed by atoms with Crippen molar-refractivity contribution in [3.63, 3.8) is 0 Å². The molecule has 4 rings (SSSR count). The second-order valence-corrected chi connectivity index (χ2v) is 9.89. The standard InChI is InChI=1S/C28H31N3OS/c1-20(2)19-31-27(32)24-11-7-8-12-26(24)30-28(31)33-18-17-25(22-9-5-4-6-10-22)29-23-15-13-21(3)14-16-23/h4-16,20,25,29H,17-19H2,1-3H3/t25-/m1/s1. The normalized spacial score (nSPS) is 12.2. The van der Waals surface area contributed by atoms with E-state index in [0.29, 0.717) is 17.8 Å². The van der Waals surface area contributed by atoms with Crippen molar-refractivity contribution in [3.8, 4) is 0 Å². The molecule has 0 unspecified atom stereocenters. The van der Waals surface area contributed by atoms with E-state index in [0.717, 1.165) is 28.5 Å². The molecule has 0 saturated carbocycles. The first kappa shape index (κ1) is 23.1. The minimum atomic E-state index is 0.0502. The van der Waals surface area contributed by atoms with Gasteiger partial charge in [0.15, 0.2) is 5.16 Å². The van der Waals surface area contributed by atoms with Crippen LogP contribution < -0.4 is 10.9 Å². The lowest BCUT2D eigenvalue weighted by atomic mass is 10.0. The number of benzene rings is 3. The number of thioether (sulfide) groups is 1. The molecule has 0 amide bonds. The molecule has 1 N–H and O–H groups in total. The summed E-state index contributed by atoms with van der Waals surface area (Å²) in [7, 11) is 0. The van der Waals surface area contributed by atoms with Gasteiger partial charge in [0, 0.05) is 18.0 Å². The SMILES string of the molecule is Cc1ccc(N[C@H](CCSc2nc3ccccc3c(=O)n2CC(C)C)c2ccccc2)cc1. The third-order valence-electron chi connectivity index (χ3n) is 5.61. The van der Waals surface area contributed by atoms with Crippen LogP contribution in [0, 0.1) is 12.8 Å². The maximum atomic E-state index is 13.2. The van der Waals surface area contributed by atoms with E-state index in [2.05, 4.69) is 74.6 Å². The smallest absolute Gasteiger partial charge is 0.262 e. The van der Waals surface area contributed by atoms with Gasteiger partial charge >= 0.3 is 0 Å². The molecule has 33 heavy (non-hydrogen) atoms. The van der Waals surface area contributed by atoms with Gasteiger partial charge in [-0.2, -0.15) is 0 Å². The van der Waals surface area contributed by atoms with Crippen LogP contribution in [0.15, 0.2) is 88.8 Å². The van der Waals surface area contributed by atoms with E-state index in [9.17, 15) is 4.79 Å². The topological polar surface area (TPSA) is 46.9 Å². The quantitative estimate of drug-likeness (QED) is 0.224. The van der Waals surface area contributed by atoms with E-state index in [-0.39, 0.29) is 11.6 Å². The predicted molar refractivity (Wildman–Crippen MR) is 140 cm³/mol. The van der Waals surface area contributed by atoms with Crippen molar-refractivity contribution in [2.24, 2.45) is 5.92 Å². The third kappa shape index (κ3) is 5.85. The van der Waals surface area contributed by atoms with Gasteiger partial charge in [0.2, 0.25) is 0 Å². The van der Waals surface area contributed by atoms with Gasteiger partial charge in [-0.3, -0.25) is 9.36 Å². The number of para-hydroxylation sites is 1. The van der Waals surface area contributed by atoms with E-state index < -0.39 is 0 Å².